The number of halogens is 1. The van der Waals surface area contributed by atoms with E-state index in [0.29, 0.717) is 17.1 Å². The lowest BCUT2D eigenvalue weighted by atomic mass is 10.2. The number of anilines is 1. The fourth-order valence-corrected chi connectivity index (χ4v) is 2.64. The van der Waals surface area contributed by atoms with E-state index < -0.39 is 15.9 Å². The Morgan fingerprint density at radius 2 is 2.05 bits per heavy atom. The number of sulfonamides is 1. The number of hydrogen-bond donors (Lipinski definition) is 2. The smallest absolute Gasteiger partial charge is 0.239 e. The third kappa shape index (κ3) is 5.59. The maximum atomic E-state index is 11.6. The maximum Gasteiger partial charge on any atom is 0.239 e. The predicted molar refractivity (Wildman–Crippen MR) is 76.9 cm³/mol. The zero-order chi connectivity index (χ0) is 14.5. The van der Waals surface area contributed by atoms with Crippen molar-refractivity contribution in [2.24, 2.45) is 0 Å². The molecule has 0 saturated carbocycles. The number of nitrogens with one attached hydrogen (secondary N) is 2. The Balaban J connectivity index is 2.59. The number of benzene rings is 1. The van der Waals surface area contributed by atoms with Crippen LogP contribution in [0, 0.1) is 6.92 Å². The molecule has 19 heavy (non-hydrogen) atoms. The van der Waals surface area contributed by atoms with E-state index in [0.717, 1.165) is 5.56 Å². The van der Waals surface area contributed by atoms with Crippen molar-refractivity contribution >= 4 is 33.2 Å². The van der Waals surface area contributed by atoms with Gasteiger partial charge >= 0.3 is 0 Å². The van der Waals surface area contributed by atoms with Crippen molar-refractivity contribution in [3.8, 4) is 0 Å². The van der Waals surface area contributed by atoms with Gasteiger partial charge in [0.2, 0.25) is 15.9 Å². The molecule has 0 spiro atoms. The monoisotopic (exact) mass is 304 g/mol. The van der Waals surface area contributed by atoms with Gasteiger partial charge in [0, 0.05) is 10.7 Å². The summed E-state index contributed by atoms with van der Waals surface area (Å²) in [5.41, 5.74) is 1.43. The molecule has 7 heteroatoms. The molecular formula is C12H17ClN2O3S. The van der Waals surface area contributed by atoms with Crippen molar-refractivity contribution in [1.82, 2.24) is 4.72 Å². The lowest BCUT2D eigenvalue weighted by molar-refractivity contribution is -0.115. The van der Waals surface area contributed by atoms with E-state index in [-0.39, 0.29) is 12.3 Å². The van der Waals surface area contributed by atoms with Crippen LogP contribution in [0.4, 0.5) is 5.69 Å². The predicted octanol–water partition coefficient (Wildman–Crippen LogP) is 1.92. The Morgan fingerprint density at radius 1 is 1.37 bits per heavy atom. The third-order valence-corrected chi connectivity index (χ3v) is 4.16. The van der Waals surface area contributed by atoms with Gasteiger partial charge in [-0.15, -0.1) is 0 Å². The number of carbonyl (C=O) groups is 1. The minimum atomic E-state index is -3.37. The highest BCUT2D eigenvalue weighted by atomic mass is 35.5. The van der Waals surface area contributed by atoms with E-state index in [9.17, 15) is 13.2 Å². The van der Waals surface area contributed by atoms with Gasteiger partial charge in [0.25, 0.3) is 0 Å². The van der Waals surface area contributed by atoms with E-state index in [1.807, 2.05) is 6.92 Å². The number of carbonyl (C=O) groups excluding carboxylic acids is 1. The summed E-state index contributed by atoms with van der Waals surface area (Å²) in [6.07, 6.45) is 0.504. The second-order valence-electron chi connectivity index (χ2n) is 4.15. The van der Waals surface area contributed by atoms with Crippen LogP contribution < -0.4 is 10.0 Å². The van der Waals surface area contributed by atoms with Crippen molar-refractivity contribution in [3.63, 3.8) is 0 Å². The van der Waals surface area contributed by atoms with Crippen LogP contribution in [0.1, 0.15) is 18.9 Å². The molecule has 0 saturated heterocycles. The van der Waals surface area contributed by atoms with E-state index in [1.54, 1.807) is 25.1 Å². The topological polar surface area (TPSA) is 75.3 Å². The van der Waals surface area contributed by atoms with Gasteiger partial charge in [-0.1, -0.05) is 24.6 Å². The highest BCUT2D eigenvalue weighted by molar-refractivity contribution is 7.89. The lowest BCUT2D eigenvalue weighted by Gasteiger charge is -2.09. The van der Waals surface area contributed by atoms with Crippen LogP contribution in [-0.2, 0) is 14.8 Å². The molecule has 5 nitrogen and oxygen atoms in total. The largest absolute Gasteiger partial charge is 0.325 e. The van der Waals surface area contributed by atoms with Crippen molar-refractivity contribution in [3.05, 3.63) is 28.8 Å². The van der Waals surface area contributed by atoms with Gasteiger partial charge in [-0.05, 0) is 31.0 Å². The SMILES string of the molecule is CCCS(=O)(=O)NCC(=O)Nc1cc(Cl)ccc1C. The third-order valence-electron chi connectivity index (χ3n) is 2.40. The first-order valence-electron chi connectivity index (χ1n) is 5.87. The summed E-state index contributed by atoms with van der Waals surface area (Å²) < 4.78 is 25.0. The van der Waals surface area contributed by atoms with Gasteiger partial charge in [-0.25, -0.2) is 13.1 Å². The van der Waals surface area contributed by atoms with Gasteiger partial charge in [-0.3, -0.25) is 4.79 Å². The number of amides is 1. The van der Waals surface area contributed by atoms with E-state index in [2.05, 4.69) is 10.0 Å². The Labute approximate surface area is 118 Å². The summed E-state index contributed by atoms with van der Waals surface area (Å²) in [6.45, 7) is 3.30. The molecule has 0 heterocycles. The van der Waals surface area contributed by atoms with Crippen molar-refractivity contribution < 1.29 is 13.2 Å². The standard InChI is InChI=1S/C12H17ClN2O3S/c1-3-6-19(17,18)14-8-12(16)15-11-7-10(13)5-4-9(11)2/h4-5,7,14H,3,6,8H2,1-2H3,(H,15,16). The molecule has 106 valence electrons. The number of aryl methyl sites for hydroxylation is 1. The molecular weight excluding hydrogens is 288 g/mol. The van der Waals surface area contributed by atoms with Gasteiger partial charge in [0.05, 0.1) is 12.3 Å². The molecule has 0 fully saturated rings. The van der Waals surface area contributed by atoms with Gasteiger partial charge < -0.3 is 5.32 Å². The molecule has 0 aliphatic heterocycles. The summed E-state index contributed by atoms with van der Waals surface area (Å²) in [6, 6.07) is 5.12. The Morgan fingerprint density at radius 3 is 2.68 bits per heavy atom. The van der Waals surface area contributed by atoms with Crippen LogP contribution in [0.3, 0.4) is 0 Å². The van der Waals surface area contributed by atoms with Gasteiger partial charge in [-0.2, -0.15) is 0 Å². The second kappa shape index (κ2) is 6.88. The molecule has 2 N–H and O–H groups in total. The van der Waals surface area contributed by atoms with Crippen LogP contribution in [0.5, 0.6) is 0 Å². The summed E-state index contributed by atoms with van der Waals surface area (Å²) in [4.78, 5) is 11.6. The molecule has 1 aromatic carbocycles. The first-order valence-corrected chi connectivity index (χ1v) is 7.90. The molecule has 0 radical (unpaired) electrons. The average Bonchev–Trinajstić information content (AvgIpc) is 2.31. The number of hydrogen-bond acceptors (Lipinski definition) is 3. The first-order chi connectivity index (χ1) is 8.84. The average molecular weight is 305 g/mol. The highest BCUT2D eigenvalue weighted by Gasteiger charge is 2.11. The Bertz CT molecular complexity index is 558. The minimum absolute atomic E-state index is 0.0104. The fraction of sp³-hybridized carbons (Fsp3) is 0.417. The maximum absolute atomic E-state index is 11.6. The normalized spacial score (nSPS) is 11.3. The first kappa shape index (κ1) is 15.9. The van der Waals surface area contributed by atoms with Crippen LogP contribution >= 0.6 is 11.6 Å². The summed E-state index contributed by atoms with van der Waals surface area (Å²) in [5.74, 6) is -0.415. The van der Waals surface area contributed by atoms with Crippen molar-refractivity contribution in [2.75, 3.05) is 17.6 Å². The molecule has 0 aliphatic rings. The summed E-state index contributed by atoms with van der Waals surface area (Å²) >= 11 is 5.83. The molecule has 0 aromatic heterocycles. The zero-order valence-electron chi connectivity index (χ0n) is 10.9. The second-order valence-corrected chi connectivity index (χ2v) is 6.51. The summed E-state index contributed by atoms with van der Waals surface area (Å²) in [7, 11) is -3.37. The summed E-state index contributed by atoms with van der Waals surface area (Å²) in [5, 5.41) is 3.12. The molecule has 0 atom stereocenters. The minimum Gasteiger partial charge on any atom is -0.325 e. The van der Waals surface area contributed by atoms with Crippen LogP contribution in [0.2, 0.25) is 5.02 Å². The number of rotatable bonds is 6. The van der Waals surface area contributed by atoms with E-state index in [1.165, 1.54) is 0 Å². The lowest BCUT2D eigenvalue weighted by Crippen LogP contribution is -2.34. The Hall–Kier alpha value is -1.11. The van der Waals surface area contributed by atoms with E-state index >= 15 is 0 Å². The molecule has 1 amide bonds. The van der Waals surface area contributed by atoms with Crippen molar-refractivity contribution in [1.29, 1.82) is 0 Å². The molecule has 0 unspecified atom stereocenters. The highest BCUT2D eigenvalue weighted by Crippen LogP contribution is 2.19. The van der Waals surface area contributed by atoms with Gasteiger partial charge in [0.15, 0.2) is 0 Å². The quantitative estimate of drug-likeness (QED) is 0.843. The Kier molecular flexibility index (Phi) is 5.78. The molecule has 1 rings (SSSR count). The van der Waals surface area contributed by atoms with Gasteiger partial charge in [0.1, 0.15) is 0 Å². The van der Waals surface area contributed by atoms with E-state index in [4.69, 9.17) is 11.6 Å². The molecule has 0 bridgehead atoms. The van der Waals surface area contributed by atoms with Crippen molar-refractivity contribution in [2.45, 2.75) is 20.3 Å². The van der Waals surface area contributed by atoms with Crippen LogP contribution in [0.25, 0.3) is 0 Å². The zero-order valence-corrected chi connectivity index (χ0v) is 12.4. The molecule has 1 aromatic rings. The van der Waals surface area contributed by atoms with Crippen LogP contribution in [-0.4, -0.2) is 26.6 Å². The fourth-order valence-electron chi connectivity index (χ4n) is 1.44. The molecule has 0 aliphatic carbocycles. The van der Waals surface area contributed by atoms with Crippen LogP contribution in [0.15, 0.2) is 18.2 Å².